The predicted molar refractivity (Wildman–Crippen MR) is 129 cm³/mol. The van der Waals surface area contributed by atoms with Gasteiger partial charge >= 0.3 is 0 Å². The van der Waals surface area contributed by atoms with Gasteiger partial charge in [-0.25, -0.2) is 9.97 Å². The first-order chi connectivity index (χ1) is 16.1. The molecule has 0 saturated heterocycles. The number of methoxy groups -OCH3 is 1. The molecular weight excluding hydrogens is 416 g/mol. The molecule has 1 saturated carbocycles. The Morgan fingerprint density at radius 1 is 1.30 bits per heavy atom. The van der Waals surface area contributed by atoms with Gasteiger partial charge < -0.3 is 20.8 Å². The highest BCUT2D eigenvalue weighted by molar-refractivity contribution is 5.93. The largest absolute Gasteiger partial charge is 0.495 e. The second-order valence-corrected chi connectivity index (χ2v) is 8.83. The van der Waals surface area contributed by atoms with Crippen molar-refractivity contribution in [1.29, 1.82) is 0 Å². The predicted octanol–water partition coefficient (Wildman–Crippen LogP) is 4.27. The number of nitrogens with one attached hydrogen (secondary N) is 2. The van der Waals surface area contributed by atoms with E-state index in [1.165, 1.54) is 0 Å². The molecule has 4 aromatic rings. The fraction of sp³-hybridized carbons (Fsp3) is 0.400. The minimum Gasteiger partial charge on any atom is -0.495 e. The van der Waals surface area contributed by atoms with E-state index in [4.69, 9.17) is 15.5 Å². The molecule has 3 aromatic heterocycles. The lowest BCUT2D eigenvalue weighted by atomic mass is 9.81. The van der Waals surface area contributed by atoms with Crippen LogP contribution in [-0.2, 0) is 4.79 Å². The molecule has 3 heterocycles. The van der Waals surface area contributed by atoms with Gasteiger partial charge in [0.1, 0.15) is 28.6 Å². The smallest absolute Gasteiger partial charge is 0.219 e. The minimum atomic E-state index is 0.124. The average Bonchev–Trinajstić information content (AvgIpc) is 3.45. The molecule has 5 rings (SSSR count). The normalized spacial score (nSPS) is 18.6. The zero-order chi connectivity index (χ0) is 22.9. The van der Waals surface area contributed by atoms with Crippen LogP contribution in [0.3, 0.4) is 0 Å². The number of H-pyrrole nitrogens is 1. The number of hydrogen-bond acceptors (Lipinski definition) is 5. The number of amides is 1. The van der Waals surface area contributed by atoms with E-state index in [0.717, 1.165) is 71.6 Å². The molecule has 0 atom stereocenters. The summed E-state index contributed by atoms with van der Waals surface area (Å²) in [5.41, 5.74) is 9.82. The monoisotopic (exact) mass is 446 g/mol. The third-order valence-electron chi connectivity index (χ3n) is 6.82. The standard InChI is InChI=1S/C25H30N6O2/c1-3-20(32)28-14-15-7-9-16(10-8-15)25-30-22(23-24(26)27-11-12-31(23)25)18-13-17-5-4-6-19(33-2)21(17)29-18/h4-6,11-13,15-16,29H,3,7-10,14H2,1-2H3,(H2,26,27)(H,28,32). The van der Waals surface area contributed by atoms with E-state index in [-0.39, 0.29) is 5.91 Å². The molecule has 8 heteroatoms. The highest BCUT2D eigenvalue weighted by atomic mass is 16.5. The number of nitrogens with zero attached hydrogens (tertiary/aromatic N) is 3. The van der Waals surface area contributed by atoms with Crippen LogP contribution >= 0.6 is 0 Å². The summed E-state index contributed by atoms with van der Waals surface area (Å²) in [5.74, 6) is 3.27. The second kappa shape index (κ2) is 8.77. The number of imidazole rings is 1. The number of nitrogen functional groups attached to an aromatic ring is 1. The molecule has 1 aliphatic carbocycles. The van der Waals surface area contributed by atoms with Gasteiger partial charge in [0.25, 0.3) is 0 Å². The molecule has 0 radical (unpaired) electrons. The first-order valence-corrected chi connectivity index (χ1v) is 11.6. The first kappa shape index (κ1) is 21.3. The van der Waals surface area contributed by atoms with Crippen LogP contribution in [0.25, 0.3) is 27.8 Å². The van der Waals surface area contributed by atoms with Gasteiger partial charge in [0.15, 0.2) is 0 Å². The van der Waals surface area contributed by atoms with Crippen molar-refractivity contribution in [2.45, 2.75) is 44.9 Å². The number of ether oxygens (including phenoxy) is 1. The molecule has 0 bridgehead atoms. The van der Waals surface area contributed by atoms with Gasteiger partial charge in [-0.15, -0.1) is 0 Å². The zero-order valence-electron chi connectivity index (χ0n) is 19.1. The lowest BCUT2D eigenvalue weighted by molar-refractivity contribution is -0.121. The summed E-state index contributed by atoms with van der Waals surface area (Å²) in [6, 6.07) is 8.06. The quantitative estimate of drug-likeness (QED) is 0.410. The van der Waals surface area contributed by atoms with E-state index in [1.807, 2.05) is 25.3 Å². The summed E-state index contributed by atoms with van der Waals surface area (Å²) >= 11 is 0. The third kappa shape index (κ3) is 3.90. The van der Waals surface area contributed by atoms with Crippen molar-refractivity contribution in [3.8, 4) is 17.1 Å². The number of fused-ring (bicyclic) bond motifs is 2. The van der Waals surface area contributed by atoms with Crippen LogP contribution in [-0.4, -0.2) is 38.9 Å². The number of aromatic amines is 1. The highest BCUT2D eigenvalue weighted by Crippen LogP contribution is 2.39. The molecule has 0 unspecified atom stereocenters. The molecule has 0 spiro atoms. The number of para-hydroxylation sites is 1. The summed E-state index contributed by atoms with van der Waals surface area (Å²) < 4.78 is 7.62. The molecule has 8 nitrogen and oxygen atoms in total. The maximum absolute atomic E-state index is 11.6. The zero-order valence-corrected chi connectivity index (χ0v) is 19.1. The number of rotatable bonds is 6. The maximum Gasteiger partial charge on any atom is 0.219 e. The summed E-state index contributed by atoms with van der Waals surface area (Å²) in [6.45, 7) is 2.65. The molecule has 1 amide bonds. The van der Waals surface area contributed by atoms with Gasteiger partial charge in [-0.3, -0.25) is 9.20 Å². The van der Waals surface area contributed by atoms with Gasteiger partial charge in [0.05, 0.1) is 18.3 Å². The van der Waals surface area contributed by atoms with Crippen LogP contribution in [0.2, 0.25) is 0 Å². The van der Waals surface area contributed by atoms with Crippen molar-refractivity contribution in [3.05, 3.63) is 42.5 Å². The van der Waals surface area contributed by atoms with Gasteiger partial charge in [0, 0.05) is 36.7 Å². The van der Waals surface area contributed by atoms with Crippen LogP contribution in [0.5, 0.6) is 5.75 Å². The number of carbonyl (C=O) groups excluding carboxylic acids is 1. The Hall–Kier alpha value is -3.55. The molecule has 1 aliphatic rings. The second-order valence-electron chi connectivity index (χ2n) is 8.83. The van der Waals surface area contributed by atoms with Crippen LogP contribution in [0.15, 0.2) is 36.7 Å². The maximum atomic E-state index is 11.6. The van der Waals surface area contributed by atoms with Crippen LogP contribution < -0.4 is 15.8 Å². The Morgan fingerprint density at radius 2 is 2.12 bits per heavy atom. The van der Waals surface area contributed by atoms with Crippen LogP contribution in [0.1, 0.15) is 50.8 Å². The van der Waals surface area contributed by atoms with Crippen LogP contribution in [0, 0.1) is 5.92 Å². The van der Waals surface area contributed by atoms with E-state index in [2.05, 4.69) is 31.8 Å². The summed E-state index contributed by atoms with van der Waals surface area (Å²) in [6.07, 6.45) is 8.44. The molecular formula is C25H30N6O2. The summed E-state index contributed by atoms with van der Waals surface area (Å²) in [7, 11) is 1.67. The number of aromatic nitrogens is 4. The van der Waals surface area contributed by atoms with Crippen molar-refractivity contribution in [2.24, 2.45) is 5.92 Å². The van der Waals surface area contributed by atoms with E-state index in [0.29, 0.717) is 24.1 Å². The fourth-order valence-corrected chi connectivity index (χ4v) is 5.00. The molecule has 1 aromatic carbocycles. The van der Waals surface area contributed by atoms with E-state index in [9.17, 15) is 4.79 Å². The van der Waals surface area contributed by atoms with Gasteiger partial charge in [-0.05, 0) is 43.7 Å². The summed E-state index contributed by atoms with van der Waals surface area (Å²) in [5, 5.41) is 4.10. The lowest BCUT2D eigenvalue weighted by Crippen LogP contribution is -2.30. The minimum absolute atomic E-state index is 0.124. The number of nitrogens with two attached hydrogens (primary N) is 1. The molecule has 0 aliphatic heterocycles. The number of carbonyl (C=O) groups is 1. The summed E-state index contributed by atoms with van der Waals surface area (Å²) in [4.78, 5) is 24.5. The lowest BCUT2D eigenvalue weighted by Gasteiger charge is -2.28. The van der Waals surface area contributed by atoms with Gasteiger partial charge in [-0.1, -0.05) is 19.1 Å². The molecule has 4 N–H and O–H groups in total. The van der Waals surface area contributed by atoms with E-state index >= 15 is 0 Å². The highest BCUT2D eigenvalue weighted by Gasteiger charge is 2.28. The van der Waals surface area contributed by atoms with Gasteiger partial charge in [0.2, 0.25) is 5.91 Å². The number of hydrogen-bond donors (Lipinski definition) is 3. The van der Waals surface area contributed by atoms with E-state index in [1.54, 1.807) is 13.3 Å². The van der Waals surface area contributed by atoms with Crippen molar-refractivity contribution in [3.63, 3.8) is 0 Å². The topological polar surface area (TPSA) is 110 Å². The Bertz CT molecular complexity index is 1300. The first-order valence-electron chi connectivity index (χ1n) is 11.6. The fourth-order valence-electron chi connectivity index (χ4n) is 5.00. The molecule has 1 fully saturated rings. The Kier molecular flexibility index (Phi) is 5.66. The van der Waals surface area contributed by atoms with E-state index < -0.39 is 0 Å². The number of benzene rings is 1. The number of anilines is 1. The van der Waals surface area contributed by atoms with Crippen molar-refractivity contribution < 1.29 is 9.53 Å². The van der Waals surface area contributed by atoms with Gasteiger partial charge in [-0.2, -0.15) is 0 Å². The average molecular weight is 447 g/mol. The Morgan fingerprint density at radius 3 is 2.88 bits per heavy atom. The van der Waals surface area contributed by atoms with Crippen molar-refractivity contribution in [2.75, 3.05) is 19.4 Å². The Labute approximate surface area is 192 Å². The third-order valence-corrected chi connectivity index (χ3v) is 6.82. The Balaban J connectivity index is 1.48. The molecule has 33 heavy (non-hydrogen) atoms. The van der Waals surface area contributed by atoms with Crippen molar-refractivity contribution >= 4 is 28.1 Å². The SMILES string of the molecule is CCC(=O)NCC1CCC(c2nc(-c3cc4cccc(OC)c4[nH]3)c3c(N)nccn23)CC1. The van der Waals surface area contributed by atoms with Crippen LogP contribution in [0.4, 0.5) is 5.82 Å². The van der Waals surface area contributed by atoms with Crippen molar-refractivity contribution in [1.82, 2.24) is 24.7 Å². The molecule has 172 valence electrons.